The quantitative estimate of drug-likeness (QED) is 0.758. The Bertz CT molecular complexity index is 433. The van der Waals surface area contributed by atoms with Gasteiger partial charge < -0.3 is 10.1 Å². The Morgan fingerprint density at radius 3 is 3.06 bits per heavy atom. The molecule has 0 aliphatic carbocycles. The standard InChI is InChI=1S/C11H10FNO3/c12-7-1-2-10-8(5-7)11(15)9(13-6-14)3-4-16-10/h1-2,5-6,9H,3-4H2,(H,13,14). The molecule has 1 aliphatic heterocycles. The number of ether oxygens (including phenoxy) is 1. The van der Waals surface area contributed by atoms with Crippen molar-refractivity contribution in [2.24, 2.45) is 0 Å². The van der Waals surface area contributed by atoms with Crippen LogP contribution in [0.15, 0.2) is 18.2 Å². The van der Waals surface area contributed by atoms with Gasteiger partial charge in [-0.1, -0.05) is 0 Å². The fourth-order valence-electron chi connectivity index (χ4n) is 1.67. The van der Waals surface area contributed by atoms with Gasteiger partial charge in [-0.25, -0.2) is 4.39 Å². The summed E-state index contributed by atoms with van der Waals surface area (Å²) in [7, 11) is 0. The second kappa shape index (κ2) is 4.30. The van der Waals surface area contributed by atoms with Crippen molar-refractivity contribution in [3.63, 3.8) is 0 Å². The number of halogens is 1. The van der Waals surface area contributed by atoms with Crippen molar-refractivity contribution < 1.29 is 18.7 Å². The molecular formula is C11H10FNO3. The van der Waals surface area contributed by atoms with Crippen molar-refractivity contribution in [2.75, 3.05) is 6.61 Å². The van der Waals surface area contributed by atoms with Gasteiger partial charge in [0.1, 0.15) is 11.6 Å². The summed E-state index contributed by atoms with van der Waals surface area (Å²) < 4.78 is 18.3. The Morgan fingerprint density at radius 1 is 1.50 bits per heavy atom. The Kier molecular flexibility index (Phi) is 2.85. The molecule has 1 aromatic rings. The van der Waals surface area contributed by atoms with Crippen molar-refractivity contribution in [2.45, 2.75) is 12.5 Å². The van der Waals surface area contributed by atoms with Gasteiger partial charge in [-0.2, -0.15) is 0 Å². The van der Waals surface area contributed by atoms with Gasteiger partial charge in [-0.05, 0) is 18.2 Å². The molecule has 0 saturated carbocycles. The van der Waals surface area contributed by atoms with Crippen LogP contribution in [0.2, 0.25) is 0 Å². The number of ketones is 1. The summed E-state index contributed by atoms with van der Waals surface area (Å²) in [5, 5.41) is 2.40. The predicted molar refractivity (Wildman–Crippen MR) is 53.8 cm³/mol. The van der Waals surface area contributed by atoms with Gasteiger partial charge >= 0.3 is 0 Å². The van der Waals surface area contributed by atoms with E-state index in [0.717, 1.165) is 6.07 Å². The molecule has 0 saturated heterocycles. The van der Waals surface area contributed by atoms with E-state index in [1.807, 2.05) is 0 Å². The summed E-state index contributed by atoms with van der Waals surface area (Å²) in [6.07, 6.45) is 0.848. The first kappa shape index (κ1) is 10.6. The molecule has 1 unspecified atom stereocenters. The largest absolute Gasteiger partial charge is 0.493 e. The van der Waals surface area contributed by atoms with Gasteiger partial charge in [0.15, 0.2) is 5.78 Å². The minimum atomic E-state index is -0.638. The van der Waals surface area contributed by atoms with Gasteiger partial charge in [-0.3, -0.25) is 9.59 Å². The molecular weight excluding hydrogens is 213 g/mol. The molecule has 4 nitrogen and oxygen atoms in total. The number of hydrogen-bond acceptors (Lipinski definition) is 3. The van der Waals surface area contributed by atoms with E-state index in [0.29, 0.717) is 25.2 Å². The second-order valence-corrected chi connectivity index (χ2v) is 3.48. The first-order valence-electron chi connectivity index (χ1n) is 4.88. The zero-order valence-corrected chi connectivity index (χ0v) is 8.40. The summed E-state index contributed by atoms with van der Waals surface area (Å²) in [5.74, 6) is -0.455. The van der Waals surface area contributed by atoms with Crippen LogP contribution in [0.3, 0.4) is 0 Å². The van der Waals surface area contributed by atoms with Crippen LogP contribution in [-0.2, 0) is 4.79 Å². The number of rotatable bonds is 2. The van der Waals surface area contributed by atoms with Crippen molar-refractivity contribution in [1.29, 1.82) is 0 Å². The lowest BCUT2D eigenvalue weighted by Gasteiger charge is -2.10. The number of fused-ring (bicyclic) bond motifs is 1. The number of carbonyl (C=O) groups is 2. The average molecular weight is 223 g/mol. The van der Waals surface area contributed by atoms with E-state index in [1.165, 1.54) is 12.1 Å². The van der Waals surface area contributed by atoms with Crippen LogP contribution in [0, 0.1) is 5.82 Å². The van der Waals surface area contributed by atoms with E-state index in [-0.39, 0.29) is 11.3 Å². The van der Waals surface area contributed by atoms with Gasteiger partial charge in [0, 0.05) is 6.42 Å². The van der Waals surface area contributed by atoms with Crippen LogP contribution in [0.25, 0.3) is 0 Å². The molecule has 0 fully saturated rings. The normalized spacial score (nSPS) is 19.3. The lowest BCUT2D eigenvalue weighted by Crippen LogP contribution is -2.35. The molecule has 1 aromatic carbocycles. The number of carbonyl (C=O) groups excluding carboxylic acids is 2. The molecule has 1 N–H and O–H groups in total. The smallest absolute Gasteiger partial charge is 0.207 e. The second-order valence-electron chi connectivity index (χ2n) is 3.48. The van der Waals surface area contributed by atoms with Crippen LogP contribution in [0.1, 0.15) is 16.8 Å². The van der Waals surface area contributed by atoms with Crippen molar-refractivity contribution in [3.8, 4) is 5.75 Å². The number of amides is 1. The first-order chi connectivity index (χ1) is 7.72. The molecule has 0 bridgehead atoms. The highest BCUT2D eigenvalue weighted by Gasteiger charge is 2.26. The highest BCUT2D eigenvalue weighted by atomic mass is 19.1. The fourth-order valence-corrected chi connectivity index (χ4v) is 1.67. The summed E-state index contributed by atoms with van der Waals surface area (Å²) in [4.78, 5) is 22.2. The lowest BCUT2D eigenvalue weighted by atomic mass is 10.0. The number of Topliss-reactive ketones (excluding diaryl/α,β-unsaturated/α-hetero) is 1. The van der Waals surface area contributed by atoms with Crippen LogP contribution in [-0.4, -0.2) is 24.8 Å². The molecule has 2 rings (SSSR count). The Labute approximate surface area is 91.4 Å². The number of hydrogen-bond donors (Lipinski definition) is 1. The van der Waals surface area contributed by atoms with E-state index < -0.39 is 11.9 Å². The summed E-state index contributed by atoms with van der Waals surface area (Å²) in [5.41, 5.74) is 0.178. The molecule has 16 heavy (non-hydrogen) atoms. The zero-order chi connectivity index (χ0) is 11.5. The summed E-state index contributed by atoms with van der Waals surface area (Å²) in [6, 6.07) is 3.15. The minimum Gasteiger partial charge on any atom is -0.493 e. The first-order valence-corrected chi connectivity index (χ1v) is 4.88. The Balaban J connectivity index is 2.39. The van der Waals surface area contributed by atoms with Gasteiger partial charge in [0.25, 0.3) is 0 Å². The van der Waals surface area contributed by atoms with Crippen LogP contribution < -0.4 is 10.1 Å². The van der Waals surface area contributed by atoms with E-state index in [4.69, 9.17) is 4.74 Å². The average Bonchev–Trinajstić information content (AvgIpc) is 2.42. The topological polar surface area (TPSA) is 55.4 Å². The van der Waals surface area contributed by atoms with Gasteiger partial charge in [-0.15, -0.1) is 0 Å². The van der Waals surface area contributed by atoms with E-state index in [9.17, 15) is 14.0 Å². The van der Waals surface area contributed by atoms with E-state index in [1.54, 1.807) is 0 Å². The Morgan fingerprint density at radius 2 is 2.31 bits per heavy atom. The maximum absolute atomic E-state index is 13.0. The summed E-state index contributed by atoms with van der Waals surface area (Å²) >= 11 is 0. The zero-order valence-electron chi connectivity index (χ0n) is 8.40. The summed E-state index contributed by atoms with van der Waals surface area (Å²) in [6.45, 7) is 0.315. The van der Waals surface area contributed by atoms with Crippen molar-refractivity contribution >= 4 is 12.2 Å². The van der Waals surface area contributed by atoms with E-state index in [2.05, 4.69) is 5.32 Å². The maximum Gasteiger partial charge on any atom is 0.207 e. The van der Waals surface area contributed by atoms with Crippen LogP contribution in [0.4, 0.5) is 4.39 Å². The minimum absolute atomic E-state index is 0.178. The molecule has 1 heterocycles. The predicted octanol–water partition coefficient (Wildman–Crippen LogP) is 0.905. The molecule has 0 spiro atoms. The Hall–Kier alpha value is -1.91. The maximum atomic E-state index is 13.0. The third kappa shape index (κ3) is 1.88. The monoisotopic (exact) mass is 223 g/mol. The third-order valence-electron chi connectivity index (χ3n) is 2.46. The van der Waals surface area contributed by atoms with Crippen LogP contribution >= 0.6 is 0 Å². The molecule has 1 aliphatic rings. The molecule has 1 amide bonds. The SMILES string of the molecule is O=CNC1CCOc2ccc(F)cc2C1=O. The highest BCUT2D eigenvalue weighted by Crippen LogP contribution is 2.24. The lowest BCUT2D eigenvalue weighted by molar-refractivity contribution is -0.110. The van der Waals surface area contributed by atoms with Crippen molar-refractivity contribution in [1.82, 2.24) is 5.32 Å². The van der Waals surface area contributed by atoms with Gasteiger partial charge in [0.2, 0.25) is 6.41 Å². The molecule has 1 atom stereocenters. The van der Waals surface area contributed by atoms with E-state index >= 15 is 0 Å². The van der Waals surface area contributed by atoms with Crippen molar-refractivity contribution in [3.05, 3.63) is 29.6 Å². The number of benzene rings is 1. The molecule has 0 aromatic heterocycles. The third-order valence-corrected chi connectivity index (χ3v) is 2.46. The molecule has 84 valence electrons. The fraction of sp³-hybridized carbons (Fsp3) is 0.273. The molecule has 0 radical (unpaired) electrons. The number of nitrogens with one attached hydrogen (secondary N) is 1. The van der Waals surface area contributed by atoms with Crippen LogP contribution in [0.5, 0.6) is 5.75 Å². The van der Waals surface area contributed by atoms with Gasteiger partial charge in [0.05, 0.1) is 18.2 Å². The molecule has 5 heteroatoms. The highest BCUT2D eigenvalue weighted by molar-refractivity contribution is 6.03.